The zero-order valence-electron chi connectivity index (χ0n) is 38.5. The third-order valence-electron chi connectivity index (χ3n) is 12.0. The Balaban J connectivity index is 0.000000413. The summed E-state index contributed by atoms with van der Waals surface area (Å²) in [4.78, 5) is -0.255. The average molecular weight is 1000 g/mol. The molecule has 4 aromatic carbocycles. The molecular weight excluding hydrogens is 922 g/mol. The summed E-state index contributed by atoms with van der Waals surface area (Å²) in [6, 6.07) is 18.5. The first-order chi connectivity index (χ1) is 28.9. The Hall–Kier alpha value is -1.21. The summed E-state index contributed by atoms with van der Waals surface area (Å²) < 4.78 is 68.9. The fraction of sp³-hybridized carbons (Fsp3) is 0.615. The molecule has 61 heavy (non-hydrogen) atoms. The van der Waals surface area contributed by atoms with Gasteiger partial charge in [-0.05, 0) is 119 Å². The maximum Gasteiger partial charge on any atom is 2.00 e. The van der Waals surface area contributed by atoms with Gasteiger partial charge in [-0.3, -0.25) is 0 Å². The average Bonchev–Trinajstić information content (AvgIpc) is 3.22. The maximum atomic E-state index is 11.5. The number of benzene rings is 4. The Morgan fingerprint density at radius 2 is 0.639 bits per heavy atom. The summed E-state index contributed by atoms with van der Waals surface area (Å²) in [6.45, 7) is 8.93. The standard InChI is InChI=1S/2C26H40O3S.Ba/c2*1-3-5-7-9-11-13-15-22-19-23(16-14-12-10-8-6-4-2)26-18-17-25(30(27,28)29)21-24(26)20-22;/h2*17-21H,3-16H2,1-2H3,(H,27,28,29);/q;;+2/p-2. The normalized spacial score (nSPS) is 11.8. The number of unbranched alkanes of at least 4 members (excludes halogenated alkanes) is 20. The third-order valence-corrected chi connectivity index (χ3v) is 13.6. The van der Waals surface area contributed by atoms with Crippen molar-refractivity contribution in [2.75, 3.05) is 0 Å². The SMILES string of the molecule is CCCCCCCCc1cc(CCCCCCCC)c2ccc(S(=O)(=O)[O-])cc2c1.CCCCCCCCc1cc(CCCCCCCC)c2ccc(S(=O)(=O)[O-])cc2c1.[Ba+2]. The minimum Gasteiger partial charge on any atom is -0.744 e. The van der Waals surface area contributed by atoms with Gasteiger partial charge in [0.25, 0.3) is 0 Å². The zero-order valence-corrected chi connectivity index (χ0v) is 44.6. The van der Waals surface area contributed by atoms with E-state index in [0.29, 0.717) is 0 Å². The monoisotopic (exact) mass is 1000 g/mol. The van der Waals surface area contributed by atoms with E-state index in [2.05, 4.69) is 52.0 Å². The van der Waals surface area contributed by atoms with Gasteiger partial charge >= 0.3 is 48.9 Å². The molecule has 0 aromatic heterocycles. The van der Waals surface area contributed by atoms with Crippen LogP contribution in [0.15, 0.2) is 70.5 Å². The Morgan fingerprint density at radius 1 is 0.361 bits per heavy atom. The van der Waals surface area contributed by atoms with Crippen LogP contribution in [0.25, 0.3) is 21.5 Å². The van der Waals surface area contributed by atoms with Crippen molar-refractivity contribution in [1.82, 2.24) is 0 Å². The van der Waals surface area contributed by atoms with Crippen LogP contribution in [0, 0.1) is 0 Å². The predicted molar refractivity (Wildman–Crippen MR) is 258 cm³/mol. The van der Waals surface area contributed by atoms with Crippen LogP contribution in [0.2, 0.25) is 0 Å². The summed E-state index contributed by atoms with van der Waals surface area (Å²) in [6.07, 6.45) is 34.2. The molecule has 0 N–H and O–H groups in total. The van der Waals surface area contributed by atoms with Gasteiger partial charge in [-0.15, -0.1) is 0 Å². The molecule has 6 nitrogen and oxygen atoms in total. The number of aryl methyl sites for hydroxylation is 4. The molecule has 0 saturated carbocycles. The summed E-state index contributed by atoms with van der Waals surface area (Å²) in [5.74, 6) is 0. The van der Waals surface area contributed by atoms with E-state index in [1.165, 1.54) is 163 Å². The molecule has 0 aliphatic rings. The van der Waals surface area contributed by atoms with Crippen molar-refractivity contribution in [2.45, 2.75) is 217 Å². The fourth-order valence-corrected chi connectivity index (χ4v) is 9.43. The van der Waals surface area contributed by atoms with Gasteiger partial charge in [-0.2, -0.15) is 0 Å². The second-order valence-corrected chi connectivity index (χ2v) is 20.0. The van der Waals surface area contributed by atoms with Gasteiger partial charge in [0.1, 0.15) is 20.2 Å². The van der Waals surface area contributed by atoms with Crippen LogP contribution in [-0.4, -0.2) is 74.8 Å². The molecule has 0 spiro atoms. The van der Waals surface area contributed by atoms with Gasteiger partial charge in [0.15, 0.2) is 0 Å². The van der Waals surface area contributed by atoms with Crippen LogP contribution in [0.4, 0.5) is 0 Å². The van der Waals surface area contributed by atoms with Crippen molar-refractivity contribution >= 4 is 90.7 Å². The third kappa shape index (κ3) is 22.0. The minimum atomic E-state index is -4.43. The smallest absolute Gasteiger partial charge is 0.744 e. The van der Waals surface area contributed by atoms with E-state index >= 15 is 0 Å². The molecule has 0 saturated heterocycles. The van der Waals surface area contributed by atoms with Crippen molar-refractivity contribution in [3.8, 4) is 0 Å². The van der Waals surface area contributed by atoms with Crippen molar-refractivity contribution in [1.29, 1.82) is 0 Å². The van der Waals surface area contributed by atoms with Gasteiger partial charge < -0.3 is 9.11 Å². The Labute approximate surface area is 412 Å². The number of rotatable bonds is 30. The van der Waals surface area contributed by atoms with E-state index < -0.39 is 20.2 Å². The molecule has 336 valence electrons. The number of hydrogen-bond donors (Lipinski definition) is 0. The number of fused-ring (bicyclic) bond motifs is 2. The molecule has 9 heteroatoms. The van der Waals surface area contributed by atoms with Gasteiger partial charge in [0.2, 0.25) is 0 Å². The van der Waals surface area contributed by atoms with Crippen LogP contribution in [0.1, 0.15) is 204 Å². The van der Waals surface area contributed by atoms with Crippen LogP contribution < -0.4 is 0 Å². The van der Waals surface area contributed by atoms with Crippen LogP contribution >= 0.6 is 0 Å². The summed E-state index contributed by atoms with van der Waals surface area (Å²) in [7, 11) is -8.86. The molecule has 0 radical (unpaired) electrons. The van der Waals surface area contributed by atoms with Crippen molar-refractivity contribution in [3.63, 3.8) is 0 Å². The van der Waals surface area contributed by atoms with Gasteiger partial charge in [-0.25, -0.2) is 16.8 Å². The van der Waals surface area contributed by atoms with Crippen LogP contribution in [0.3, 0.4) is 0 Å². The first-order valence-electron chi connectivity index (χ1n) is 23.9. The van der Waals surface area contributed by atoms with E-state index in [4.69, 9.17) is 0 Å². The molecular formula is C52H78BaO6S2. The second kappa shape index (κ2) is 31.6. The molecule has 0 bridgehead atoms. The predicted octanol–water partition coefficient (Wildman–Crippen LogP) is 14.7. The van der Waals surface area contributed by atoms with Gasteiger partial charge in [0, 0.05) is 0 Å². The van der Waals surface area contributed by atoms with E-state index in [1.807, 2.05) is 12.1 Å². The minimum absolute atomic E-state index is 0. The summed E-state index contributed by atoms with van der Waals surface area (Å²) in [5, 5.41) is 3.94. The summed E-state index contributed by atoms with van der Waals surface area (Å²) >= 11 is 0. The first-order valence-corrected chi connectivity index (χ1v) is 26.8. The molecule has 0 fully saturated rings. The van der Waals surface area contributed by atoms with E-state index in [0.717, 1.165) is 72.9 Å². The molecule has 0 heterocycles. The number of hydrogen-bond acceptors (Lipinski definition) is 6. The van der Waals surface area contributed by atoms with Crippen molar-refractivity contribution in [3.05, 3.63) is 82.9 Å². The van der Waals surface area contributed by atoms with E-state index in [-0.39, 0.29) is 58.7 Å². The van der Waals surface area contributed by atoms with Crippen molar-refractivity contribution < 1.29 is 25.9 Å². The Bertz CT molecular complexity index is 1900. The topological polar surface area (TPSA) is 114 Å². The Morgan fingerprint density at radius 3 is 0.934 bits per heavy atom. The summed E-state index contributed by atoms with van der Waals surface area (Å²) in [5.41, 5.74) is 5.11. The largest absolute Gasteiger partial charge is 2.00 e. The van der Waals surface area contributed by atoms with Crippen LogP contribution in [-0.2, 0) is 45.9 Å². The molecule has 4 aromatic rings. The zero-order chi connectivity index (χ0) is 43.6. The van der Waals surface area contributed by atoms with Gasteiger partial charge in [-0.1, -0.05) is 193 Å². The molecule has 0 atom stereocenters. The van der Waals surface area contributed by atoms with E-state index in [1.54, 1.807) is 12.1 Å². The first kappa shape index (κ1) is 55.9. The maximum absolute atomic E-state index is 11.5. The fourth-order valence-electron chi connectivity index (χ4n) is 8.42. The van der Waals surface area contributed by atoms with Crippen LogP contribution in [0.5, 0.6) is 0 Å². The molecule has 4 rings (SSSR count). The van der Waals surface area contributed by atoms with Crippen molar-refractivity contribution in [2.24, 2.45) is 0 Å². The molecule has 0 aliphatic carbocycles. The molecule has 0 aliphatic heterocycles. The quantitative estimate of drug-likeness (QED) is 0.0292. The van der Waals surface area contributed by atoms with Gasteiger partial charge in [0.05, 0.1) is 9.79 Å². The molecule has 0 unspecified atom stereocenters. The molecule has 0 amide bonds. The Kier molecular flexibility index (Phi) is 29.0. The second-order valence-electron chi connectivity index (χ2n) is 17.3. The van der Waals surface area contributed by atoms with E-state index in [9.17, 15) is 25.9 Å².